The molecule has 1 aliphatic heterocycles. The van der Waals surface area contributed by atoms with Gasteiger partial charge in [0.25, 0.3) is 0 Å². The molecule has 0 amide bonds. The summed E-state index contributed by atoms with van der Waals surface area (Å²) in [7, 11) is 3.98. The summed E-state index contributed by atoms with van der Waals surface area (Å²) < 4.78 is 10.8. The SMILES string of the molecule is COCCCN(C)CC1(CNC2CC2)CCOC1. The van der Waals surface area contributed by atoms with Crippen LogP contribution in [0.4, 0.5) is 0 Å². The quantitative estimate of drug-likeness (QED) is 0.627. The Kier molecular flexibility index (Phi) is 5.42. The molecule has 1 saturated carbocycles. The van der Waals surface area contributed by atoms with E-state index in [-0.39, 0.29) is 0 Å². The van der Waals surface area contributed by atoms with E-state index in [9.17, 15) is 0 Å². The van der Waals surface area contributed by atoms with Gasteiger partial charge in [-0.3, -0.25) is 0 Å². The van der Waals surface area contributed by atoms with Crippen LogP contribution in [-0.2, 0) is 9.47 Å². The van der Waals surface area contributed by atoms with Crippen LogP contribution in [0.3, 0.4) is 0 Å². The molecule has 4 nitrogen and oxygen atoms in total. The molecule has 1 saturated heterocycles. The van der Waals surface area contributed by atoms with Gasteiger partial charge >= 0.3 is 0 Å². The molecule has 1 N–H and O–H groups in total. The van der Waals surface area contributed by atoms with Crippen molar-refractivity contribution in [3.63, 3.8) is 0 Å². The molecule has 1 heterocycles. The minimum absolute atomic E-state index is 0.338. The summed E-state index contributed by atoms with van der Waals surface area (Å²) in [5.41, 5.74) is 0.338. The van der Waals surface area contributed by atoms with Crippen LogP contribution in [0.5, 0.6) is 0 Å². The molecule has 0 radical (unpaired) electrons. The van der Waals surface area contributed by atoms with Crippen molar-refractivity contribution in [2.24, 2.45) is 5.41 Å². The highest BCUT2D eigenvalue weighted by Crippen LogP contribution is 2.30. The minimum Gasteiger partial charge on any atom is -0.385 e. The molecule has 0 aromatic heterocycles. The molecule has 2 rings (SSSR count). The fourth-order valence-electron chi connectivity index (χ4n) is 2.75. The van der Waals surface area contributed by atoms with E-state index in [0.29, 0.717) is 5.41 Å². The van der Waals surface area contributed by atoms with Crippen LogP contribution in [-0.4, -0.2) is 64.6 Å². The van der Waals surface area contributed by atoms with Gasteiger partial charge in [-0.05, 0) is 32.7 Å². The predicted molar refractivity (Wildman–Crippen MR) is 72.9 cm³/mol. The van der Waals surface area contributed by atoms with Gasteiger partial charge in [0.2, 0.25) is 0 Å². The van der Waals surface area contributed by atoms with E-state index < -0.39 is 0 Å². The third kappa shape index (κ3) is 4.50. The lowest BCUT2D eigenvalue weighted by molar-refractivity contribution is 0.112. The first-order valence-corrected chi connectivity index (χ1v) is 7.23. The van der Waals surface area contributed by atoms with Crippen molar-refractivity contribution < 1.29 is 9.47 Å². The van der Waals surface area contributed by atoms with Gasteiger partial charge < -0.3 is 19.7 Å². The van der Waals surface area contributed by atoms with E-state index in [0.717, 1.165) is 51.9 Å². The van der Waals surface area contributed by atoms with E-state index in [2.05, 4.69) is 17.3 Å². The molecule has 0 bridgehead atoms. The Balaban J connectivity index is 1.73. The average Bonchev–Trinajstić information content (AvgIpc) is 3.08. The third-order valence-electron chi connectivity index (χ3n) is 4.02. The smallest absolute Gasteiger partial charge is 0.0547 e. The van der Waals surface area contributed by atoms with E-state index in [4.69, 9.17) is 9.47 Å². The summed E-state index contributed by atoms with van der Waals surface area (Å²) in [6.45, 7) is 6.06. The summed E-state index contributed by atoms with van der Waals surface area (Å²) in [6, 6.07) is 0.793. The lowest BCUT2D eigenvalue weighted by atomic mass is 9.86. The van der Waals surface area contributed by atoms with Gasteiger partial charge in [0.15, 0.2) is 0 Å². The normalized spacial score (nSPS) is 28.2. The van der Waals surface area contributed by atoms with Crippen molar-refractivity contribution in [3.05, 3.63) is 0 Å². The lowest BCUT2D eigenvalue weighted by Gasteiger charge is -2.32. The van der Waals surface area contributed by atoms with Crippen LogP contribution >= 0.6 is 0 Å². The summed E-state index contributed by atoms with van der Waals surface area (Å²) in [4.78, 5) is 2.43. The summed E-state index contributed by atoms with van der Waals surface area (Å²) in [6.07, 6.45) is 5.03. The molecule has 0 aromatic carbocycles. The van der Waals surface area contributed by atoms with Crippen LogP contribution in [0.25, 0.3) is 0 Å². The van der Waals surface area contributed by atoms with E-state index in [1.807, 2.05) is 0 Å². The molecule has 0 spiro atoms. The van der Waals surface area contributed by atoms with Crippen molar-refractivity contribution in [2.75, 3.05) is 53.6 Å². The predicted octanol–water partition coefficient (Wildman–Crippen LogP) is 1.11. The number of rotatable bonds is 9. The Bertz CT molecular complexity index is 238. The van der Waals surface area contributed by atoms with Gasteiger partial charge in [0.05, 0.1) is 6.61 Å². The number of nitrogens with zero attached hydrogens (tertiary/aromatic N) is 1. The average molecular weight is 256 g/mol. The Morgan fingerprint density at radius 1 is 1.44 bits per heavy atom. The van der Waals surface area contributed by atoms with Crippen molar-refractivity contribution in [3.8, 4) is 0 Å². The van der Waals surface area contributed by atoms with Crippen LogP contribution in [0.2, 0.25) is 0 Å². The summed E-state index contributed by atoms with van der Waals surface area (Å²) in [5, 5.41) is 3.68. The maximum Gasteiger partial charge on any atom is 0.0547 e. The topological polar surface area (TPSA) is 33.7 Å². The molecule has 2 fully saturated rings. The fraction of sp³-hybridized carbons (Fsp3) is 1.00. The molecule has 18 heavy (non-hydrogen) atoms. The number of nitrogens with one attached hydrogen (secondary N) is 1. The van der Waals surface area contributed by atoms with Crippen LogP contribution in [0, 0.1) is 5.41 Å². The molecule has 1 aliphatic carbocycles. The second kappa shape index (κ2) is 6.85. The highest BCUT2D eigenvalue weighted by molar-refractivity contribution is 4.91. The van der Waals surface area contributed by atoms with E-state index in [1.54, 1.807) is 7.11 Å². The molecule has 0 aromatic rings. The lowest BCUT2D eigenvalue weighted by Crippen LogP contribution is -2.44. The van der Waals surface area contributed by atoms with Gasteiger partial charge in [-0.15, -0.1) is 0 Å². The number of hydrogen-bond donors (Lipinski definition) is 1. The van der Waals surface area contributed by atoms with Gasteiger partial charge in [0, 0.05) is 51.4 Å². The zero-order valence-electron chi connectivity index (χ0n) is 11.9. The second-order valence-corrected chi connectivity index (χ2v) is 6.04. The van der Waals surface area contributed by atoms with Crippen molar-refractivity contribution in [1.29, 1.82) is 0 Å². The first kappa shape index (κ1) is 14.3. The first-order chi connectivity index (χ1) is 8.74. The van der Waals surface area contributed by atoms with Crippen molar-refractivity contribution >= 4 is 0 Å². The highest BCUT2D eigenvalue weighted by Gasteiger charge is 2.37. The zero-order chi connectivity index (χ0) is 12.8. The van der Waals surface area contributed by atoms with Crippen LogP contribution in [0.1, 0.15) is 25.7 Å². The molecule has 4 heteroatoms. The van der Waals surface area contributed by atoms with Crippen molar-refractivity contribution in [1.82, 2.24) is 10.2 Å². The van der Waals surface area contributed by atoms with Gasteiger partial charge in [-0.25, -0.2) is 0 Å². The highest BCUT2D eigenvalue weighted by atomic mass is 16.5. The maximum absolute atomic E-state index is 5.65. The molecule has 1 unspecified atom stereocenters. The van der Waals surface area contributed by atoms with Gasteiger partial charge in [0.1, 0.15) is 0 Å². The first-order valence-electron chi connectivity index (χ1n) is 7.23. The summed E-state index contributed by atoms with van der Waals surface area (Å²) in [5.74, 6) is 0. The van der Waals surface area contributed by atoms with Gasteiger partial charge in [-0.2, -0.15) is 0 Å². The second-order valence-electron chi connectivity index (χ2n) is 6.04. The minimum atomic E-state index is 0.338. The molecular weight excluding hydrogens is 228 g/mol. The third-order valence-corrected chi connectivity index (χ3v) is 4.02. The number of hydrogen-bond acceptors (Lipinski definition) is 4. The summed E-state index contributed by atoms with van der Waals surface area (Å²) >= 11 is 0. The van der Waals surface area contributed by atoms with Crippen LogP contribution < -0.4 is 5.32 Å². The fourth-order valence-corrected chi connectivity index (χ4v) is 2.75. The number of methoxy groups -OCH3 is 1. The Labute approximate surface area is 111 Å². The largest absolute Gasteiger partial charge is 0.385 e. The maximum atomic E-state index is 5.65. The van der Waals surface area contributed by atoms with Crippen molar-refractivity contribution in [2.45, 2.75) is 31.7 Å². The Morgan fingerprint density at radius 2 is 2.28 bits per heavy atom. The van der Waals surface area contributed by atoms with Crippen LogP contribution in [0.15, 0.2) is 0 Å². The van der Waals surface area contributed by atoms with E-state index >= 15 is 0 Å². The number of ether oxygens (including phenoxy) is 2. The molecule has 106 valence electrons. The Morgan fingerprint density at radius 3 is 2.89 bits per heavy atom. The monoisotopic (exact) mass is 256 g/mol. The Hall–Kier alpha value is -0.160. The molecular formula is C14H28N2O2. The zero-order valence-corrected chi connectivity index (χ0v) is 11.9. The standard InChI is InChI=1S/C14H28N2O2/c1-16(7-3-8-17-2)11-14(6-9-18-12-14)10-15-13-4-5-13/h13,15H,3-12H2,1-2H3. The van der Waals surface area contributed by atoms with E-state index in [1.165, 1.54) is 19.3 Å². The van der Waals surface area contributed by atoms with Gasteiger partial charge in [-0.1, -0.05) is 0 Å². The molecule has 1 atom stereocenters. The molecule has 2 aliphatic rings.